The smallest absolute Gasteiger partial charge is 0.251 e. The highest BCUT2D eigenvalue weighted by Gasteiger charge is 2.26. The van der Waals surface area contributed by atoms with E-state index < -0.39 is 5.60 Å². The zero-order valence-electron chi connectivity index (χ0n) is 10.6. The summed E-state index contributed by atoms with van der Waals surface area (Å²) in [7, 11) is 1.48. The minimum absolute atomic E-state index is 0.210. The van der Waals surface area contributed by atoms with Gasteiger partial charge in [0.1, 0.15) is 11.7 Å². The average Bonchev–Trinajstić information content (AvgIpc) is 2.37. The second-order valence-electron chi connectivity index (χ2n) is 4.32. The lowest BCUT2D eigenvalue weighted by atomic mass is 10.1. The van der Waals surface area contributed by atoms with E-state index in [1.165, 1.54) is 7.11 Å². The van der Waals surface area contributed by atoms with Gasteiger partial charge >= 0.3 is 0 Å². The van der Waals surface area contributed by atoms with Gasteiger partial charge in [0.2, 0.25) is 0 Å². The number of nitriles is 1. The van der Waals surface area contributed by atoms with E-state index in [1.54, 1.807) is 32.0 Å². The molecular formula is C13H15ClN2O2. The van der Waals surface area contributed by atoms with Crippen LogP contribution >= 0.6 is 11.6 Å². The van der Waals surface area contributed by atoms with Crippen LogP contribution in [0.5, 0.6) is 0 Å². The fourth-order valence-electron chi connectivity index (χ4n) is 1.26. The molecule has 1 amide bonds. The number of carbonyl (C=O) groups is 1. The number of ether oxygens (including phenoxy) is 1. The highest BCUT2D eigenvalue weighted by atomic mass is 35.5. The number of halogens is 1. The highest BCUT2D eigenvalue weighted by Crippen LogP contribution is 2.16. The van der Waals surface area contributed by atoms with E-state index in [2.05, 4.69) is 5.32 Å². The van der Waals surface area contributed by atoms with E-state index in [1.807, 2.05) is 6.07 Å². The molecule has 0 aliphatic rings. The number of methoxy groups -OCH3 is 1. The van der Waals surface area contributed by atoms with Crippen molar-refractivity contribution in [2.24, 2.45) is 0 Å². The molecule has 0 aromatic heterocycles. The van der Waals surface area contributed by atoms with Crippen LogP contribution in [0, 0.1) is 11.3 Å². The summed E-state index contributed by atoms with van der Waals surface area (Å²) < 4.78 is 5.07. The third-order valence-corrected chi connectivity index (χ3v) is 2.99. The molecule has 0 aliphatic carbocycles. The SMILES string of the molecule is COC(C)(C)C(=O)NCc1ccc(Cl)c(C#N)c1. The van der Waals surface area contributed by atoms with E-state index in [-0.39, 0.29) is 5.91 Å². The number of nitrogens with zero attached hydrogens (tertiary/aromatic N) is 1. The topological polar surface area (TPSA) is 62.1 Å². The molecular weight excluding hydrogens is 252 g/mol. The monoisotopic (exact) mass is 266 g/mol. The highest BCUT2D eigenvalue weighted by molar-refractivity contribution is 6.31. The zero-order valence-corrected chi connectivity index (χ0v) is 11.3. The first kappa shape index (κ1) is 14.5. The van der Waals surface area contributed by atoms with E-state index >= 15 is 0 Å². The molecule has 0 saturated heterocycles. The molecule has 5 heteroatoms. The van der Waals surface area contributed by atoms with Crippen LogP contribution in [0.2, 0.25) is 5.02 Å². The van der Waals surface area contributed by atoms with Crippen LogP contribution in [0.4, 0.5) is 0 Å². The van der Waals surface area contributed by atoms with Crippen molar-refractivity contribution in [1.29, 1.82) is 5.26 Å². The van der Waals surface area contributed by atoms with Crippen LogP contribution in [0.1, 0.15) is 25.0 Å². The Hall–Kier alpha value is -1.57. The van der Waals surface area contributed by atoms with E-state index in [9.17, 15) is 4.79 Å². The Balaban J connectivity index is 2.71. The molecule has 0 bridgehead atoms. The van der Waals surface area contributed by atoms with Gasteiger partial charge in [-0.1, -0.05) is 17.7 Å². The predicted molar refractivity (Wildman–Crippen MR) is 69.1 cm³/mol. The zero-order chi connectivity index (χ0) is 13.8. The van der Waals surface area contributed by atoms with Crippen molar-refractivity contribution in [2.45, 2.75) is 26.0 Å². The molecule has 1 aromatic rings. The molecule has 0 aliphatic heterocycles. The molecule has 1 rings (SSSR count). The number of benzene rings is 1. The van der Waals surface area contributed by atoms with Gasteiger partial charge in [0.05, 0.1) is 10.6 Å². The Kier molecular flexibility index (Phi) is 4.71. The summed E-state index contributed by atoms with van der Waals surface area (Å²) in [4.78, 5) is 11.8. The normalized spacial score (nSPS) is 10.8. The summed E-state index contributed by atoms with van der Waals surface area (Å²) in [6.07, 6.45) is 0. The molecule has 0 unspecified atom stereocenters. The Bertz CT molecular complexity index is 492. The van der Waals surface area contributed by atoms with Crippen LogP contribution in [-0.2, 0) is 16.1 Å². The summed E-state index contributed by atoms with van der Waals surface area (Å²) in [6, 6.07) is 7.06. The summed E-state index contributed by atoms with van der Waals surface area (Å²) in [6.45, 7) is 3.70. The number of carbonyl (C=O) groups excluding carboxylic acids is 1. The molecule has 18 heavy (non-hydrogen) atoms. The molecule has 0 saturated carbocycles. The maximum absolute atomic E-state index is 11.8. The standard InChI is InChI=1S/C13H15ClN2O2/c1-13(2,18-3)12(17)16-8-9-4-5-11(14)10(6-9)7-15/h4-6H,8H2,1-3H3,(H,16,17). The summed E-state index contributed by atoms with van der Waals surface area (Å²) in [5, 5.41) is 12.0. The summed E-state index contributed by atoms with van der Waals surface area (Å²) in [5.41, 5.74) is 0.343. The molecule has 0 fully saturated rings. The van der Waals surface area contributed by atoms with Gasteiger partial charge in [-0.25, -0.2) is 0 Å². The maximum Gasteiger partial charge on any atom is 0.251 e. The van der Waals surface area contributed by atoms with Crippen molar-refractivity contribution in [3.8, 4) is 6.07 Å². The predicted octanol–water partition coefficient (Wildman–Crippen LogP) is 2.25. The van der Waals surface area contributed by atoms with Crippen molar-refractivity contribution < 1.29 is 9.53 Å². The van der Waals surface area contributed by atoms with Gasteiger partial charge in [-0.15, -0.1) is 0 Å². The number of hydrogen-bond donors (Lipinski definition) is 1. The van der Waals surface area contributed by atoms with Crippen molar-refractivity contribution in [2.75, 3.05) is 7.11 Å². The minimum atomic E-state index is -0.871. The third kappa shape index (κ3) is 3.46. The maximum atomic E-state index is 11.8. The third-order valence-electron chi connectivity index (χ3n) is 2.66. The Morgan fingerprint density at radius 2 is 2.22 bits per heavy atom. The van der Waals surface area contributed by atoms with Gasteiger partial charge in [-0.2, -0.15) is 5.26 Å². The summed E-state index contributed by atoms with van der Waals surface area (Å²) in [5.74, 6) is -0.210. The van der Waals surface area contributed by atoms with Gasteiger partial charge in [0.15, 0.2) is 0 Å². The first-order valence-corrected chi connectivity index (χ1v) is 5.80. The van der Waals surface area contributed by atoms with Crippen LogP contribution in [-0.4, -0.2) is 18.6 Å². The average molecular weight is 267 g/mol. The number of nitrogens with one attached hydrogen (secondary N) is 1. The van der Waals surface area contributed by atoms with Crippen molar-refractivity contribution in [1.82, 2.24) is 5.32 Å². The van der Waals surface area contributed by atoms with E-state index in [0.29, 0.717) is 17.1 Å². The van der Waals surface area contributed by atoms with Gasteiger partial charge in [0.25, 0.3) is 5.91 Å². The Labute approximate surface area is 112 Å². The summed E-state index contributed by atoms with van der Waals surface area (Å²) >= 11 is 5.82. The van der Waals surface area contributed by atoms with Gasteiger partial charge < -0.3 is 10.1 Å². The van der Waals surface area contributed by atoms with Crippen LogP contribution in [0.25, 0.3) is 0 Å². The second-order valence-corrected chi connectivity index (χ2v) is 4.73. The second kappa shape index (κ2) is 5.85. The van der Waals surface area contributed by atoms with E-state index in [0.717, 1.165) is 5.56 Å². The van der Waals surface area contributed by atoms with Crippen LogP contribution < -0.4 is 5.32 Å². The lowest BCUT2D eigenvalue weighted by molar-refractivity contribution is -0.139. The fourth-order valence-corrected chi connectivity index (χ4v) is 1.42. The lowest BCUT2D eigenvalue weighted by Gasteiger charge is -2.21. The fraction of sp³-hybridized carbons (Fsp3) is 0.385. The Morgan fingerprint density at radius 3 is 2.78 bits per heavy atom. The number of rotatable bonds is 4. The van der Waals surface area contributed by atoms with Gasteiger partial charge in [-0.05, 0) is 31.5 Å². The molecule has 0 atom stereocenters. The van der Waals surface area contributed by atoms with Gasteiger partial charge in [0, 0.05) is 13.7 Å². The molecule has 1 N–H and O–H groups in total. The molecule has 0 heterocycles. The first-order valence-electron chi connectivity index (χ1n) is 5.42. The quantitative estimate of drug-likeness (QED) is 0.909. The molecule has 96 valence electrons. The molecule has 1 aromatic carbocycles. The molecule has 0 radical (unpaired) electrons. The Morgan fingerprint density at radius 1 is 1.56 bits per heavy atom. The van der Waals surface area contributed by atoms with Crippen molar-refractivity contribution in [3.63, 3.8) is 0 Å². The first-order chi connectivity index (χ1) is 8.40. The molecule has 0 spiro atoms. The van der Waals surface area contributed by atoms with Gasteiger partial charge in [-0.3, -0.25) is 4.79 Å². The number of amides is 1. The van der Waals surface area contributed by atoms with Crippen LogP contribution in [0.3, 0.4) is 0 Å². The van der Waals surface area contributed by atoms with Crippen LogP contribution in [0.15, 0.2) is 18.2 Å². The van der Waals surface area contributed by atoms with Crippen molar-refractivity contribution in [3.05, 3.63) is 34.3 Å². The largest absolute Gasteiger partial charge is 0.369 e. The van der Waals surface area contributed by atoms with Crippen molar-refractivity contribution >= 4 is 17.5 Å². The number of hydrogen-bond acceptors (Lipinski definition) is 3. The lowest BCUT2D eigenvalue weighted by Crippen LogP contribution is -2.43. The minimum Gasteiger partial charge on any atom is -0.369 e. The molecule has 4 nitrogen and oxygen atoms in total. The van der Waals surface area contributed by atoms with E-state index in [4.69, 9.17) is 21.6 Å².